The lowest BCUT2D eigenvalue weighted by Gasteiger charge is -2.11. The molecule has 3 heteroatoms. The SMILES string of the molecule is CNCc1c(OC)ccc(C)c1Cl. The maximum absolute atomic E-state index is 6.14. The monoisotopic (exact) mass is 199 g/mol. The lowest BCUT2D eigenvalue weighted by atomic mass is 10.1. The van der Waals surface area contributed by atoms with Crippen molar-refractivity contribution in [2.24, 2.45) is 0 Å². The number of nitrogens with one attached hydrogen (secondary N) is 1. The van der Waals surface area contributed by atoms with E-state index in [0.29, 0.717) is 0 Å². The van der Waals surface area contributed by atoms with Crippen molar-refractivity contribution in [1.29, 1.82) is 0 Å². The Hall–Kier alpha value is -0.730. The third kappa shape index (κ3) is 2.14. The van der Waals surface area contributed by atoms with Gasteiger partial charge in [-0.15, -0.1) is 0 Å². The quantitative estimate of drug-likeness (QED) is 0.807. The Bertz CT molecular complexity index is 299. The van der Waals surface area contributed by atoms with Gasteiger partial charge in [0, 0.05) is 12.1 Å². The average molecular weight is 200 g/mol. The maximum Gasteiger partial charge on any atom is 0.124 e. The smallest absolute Gasteiger partial charge is 0.124 e. The first-order valence-electron chi connectivity index (χ1n) is 4.17. The molecule has 72 valence electrons. The van der Waals surface area contributed by atoms with E-state index < -0.39 is 0 Å². The molecule has 1 aromatic rings. The Morgan fingerprint density at radius 1 is 1.46 bits per heavy atom. The molecule has 0 saturated carbocycles. The predicted molar refractivity (Wildman–Crippen MR) is 55.5 cm³/mol. The molecule has 0 aliphatic rings. The standard InChI is InChI=1S/C10H14ClNO/c1-7-4-5-9(13-3)8(6-12-2)10(7)11/h4-5,12H,6H2,1-3H3. The lowest BCUT2D eigenvalue weighted by molar-refractivity contribution is 0.408. The Labute approximate surface area is 83.9 Å². The number of benzene rings is 1. The van der Waals surface area contributed by atoms with Crippen molar-refractivity contribution in [2.45, 2.75) is 13.5 Å². The number of aryl methyl sites for hydroxylation is 1. The molecule has 13 heavy (non-hydrogen) atoms. The summed E-state index contributed by atoms with van der Waals surface area (Å²) in [5, 5.41) is 3.85. The van der Waals surface area contributed by atoms with E-state index >= 15 is 0 Å². The van der Waals surface area contributed by atoms with Crippen LogP contribution in [0, 0.1) is 6.92 Å². The molecule has 0 atom stereocenters. The molecule has 0 unspecified atom stereocenters. The van der Waals surface area contributed by atoms with E-state index in [1.54, 1.807) is 7.11 Å². The van der Waals surface area contributed by atoms with Gasteiger partial charge in [0.1, 0.15) is 5.75 Å². The summed E-state index contributed by atoms with van der Waals surface area (Å²) in [6.07, 6.45) is 0. The Balaban J connectivity index is 3.15. The minimum atomic E-state index is 0.726. The van der Waals surface area contributed by atoms with E-state index in [-0.39, 0.29) is 0 Å². The van der Waals surface area contributed by atoms with Gasteiger partial charge in [0.25, 0.3) is 0 Å². The summed E-state index contributed by atoms with van der Waals surface area (Å²) in [6, 6.07) is 3.90. The molecule has 0 aliphatic carbocycles. The number of ether oxygens (including phenoxy) is 1. The maximum atomic E-state index is 6.14. The van der Waals surface area contributed by atoms with Crippen LogP contribution in [0.15, 0.2) is 12.1 Å². The molecular weight excluding hydrogens is 186 g/mol. The summed E-state index contributed by atoms with van der Waals surface area (Å²) in [6.45, 7) is 2.71. The number of halogens is 1. The second-order valence-corrected chi connectivity index (χ2v) is 3.29. The predicted octanol–water partition coefficient (Wildman–Crippen LogP) is 2.38. The van der Waals surface area contributed by atoms with Gasteiger partial charge in [-0.1, -0.05) is 17.7 Å². The first-order valence-corrected chi connectivity index (χ1v) is 4.55. The summed E-state index contributed by atoms with van der Waals surface area (Å²) in [4.78, 5) is 0. The van der Waals surface area contributed by atoms with E-state index in [9.17, 15) is 0 Å². The zero-order chi connectivity index (χ0) is 9.84. The summed E-state index contributed by atoms with van der Waals surface area (Å²) in [5.41, 5.74) is 2.10. The highest BCUT2D eigenvalue weighted by atomic mass is 35.5. The summed E-state index contributed by atoms with van der Waals surface area (Å²) in [5.74, 6) is 0.838. The van der Waals surface area contributed by atoms with E-state index in [0.717, 1.165) is 28.4 Å². The average Bonchev–Trinajstić information content (AvgIpc) is 2.14. The topological polar surface area (TPSA) is 21.3 Å². The van der Waals surface area contributed by atoms with Crippen LogP contribution >= 0.6 is 11.6 Å². The van der Waals surface area contributed by atoms with Crippen molar-refractivity contribution in [2.75, 3.05) is 14.2 Å². The minimum absolute atomic E-state index is 0.726. The van der Waals surface area contributed by atoms with Crippen LogP contribution in [0.1, 0.15) is 11.1 Å². The van der Waals surface area contributed by atoms with Gasteiger partial charge in [0.15, 0.2) is 0 Å². The second kappa shape index (κ2) is 4.49. The highest BCUT2D eigenvalue weighted by Crippen LogP contribution is 2.29. The Morgan fingerprint density at radius 2 is 2.15 bits per heavy atom. The zero-order valence-electron chi connectivity index (χ0n) is 8.15. The molecule has 0 aromatic heterocycles. The summed E-state index contributed by atoms with van der Waals surface area (Å²) >= 11 is 6.14. The fourth-order valence-electron chi connectivity index (χ4n) is 1.25. The van der Waals surface area contributed by atoms with Crippen molar-refractivity contribution in [3.8, 4) is 5.75 Å². The highest BCUT2D eigenvalue weighted by Gasteiger charge is 2.08. The van der Waals surface area contributed by atoms with E-state index in [1.165, 1.54) is 0 Å². The lowest BCUT2D eigenvalue weighted by Crippen LogP contribution is -2.07. The summed E-state index contributed by atoms with van der Waals surface area (Å²) < 4.78 is 5.21. The first-order chi connectivity index (χ1) is 6.20. The van der Waals surface area contributed by atoms with Crippen LogP contribution in [0.5, 0.6) is 5.75 Å². The zero-order valence-corrected chi connectivity index (χ0v) is 8.90. The van der Waals surface area contributed by atoms with Crippen LogP contribution in [0.2, 0.25) is 5.02 Å². The molecular formula is C10H14ClNO. The largest absolute Gasteiger partial charge is 0.496 e. The van der Waals surface area contributed by atoms with Gasteiger partial charge in [-0.3, -0.25) is 0 Å². The fraction of sp³-hybridized carbons (Fsp3) is 0.400. The molecule has 1 aromatic carbocycles. The molecule has 0 bridgehead atoms. The minimum Gasteiger partial charge on any atom is -0.496 e. The van der Waals surface area contributed by atoms with Gasteiger partial charge in [-0.25, -0.2) is 0 Å². The van der Waals surface area contributed by atoms with Gasteiger partial charge < -0.3 is 10.1 Å². The number of hydrogen-bond acceptors (Lipinski definition) is 2. The van der Waals surface area contributed by atoms with E-state index in [4.69, 9.17) is 16.3 Å². The van der Waals surface area contributed by atoms with Gasteiger partial charge in [0.05, 0.1) is 12.1 Å². The van der Waals surface area contributed by atoms with Crippen LogP contribution in [0.3, 0.4) is 0 Å². The van der Waals surface area contributed by atoms with E-state index in [2.05, 4.69) is 5.32 Å². The number of hydrogen-bond donors (Lipinski definition) is 1. The molecule has 0 amide bonds. The molecule has 1 rings (SSSR count). The molecule has 0 spiro atoms. The second-order valence-electron chi connectivity index (χ2n) is 2.91. The molecule has 1 N–H and O–H groups in total. The number of rotatable bonds is 3. The molecule has 0 radical (unpaired) electrons. The summed E-state index contributed by atoms with van der Waals surface area (Å²) in [7, 11) is 3.54. The van der Waals surface area contributed by atoms with Crippen molar-refractivity contribution in [1.82, 2.24) is 5.32 Å². The molecule has 2 nitrogen and oxygen atoms in total. The molecule has 0 heterocycles. The third-order valence-corrected chi connectivity index (χ3v) is 2.49. The number of methoxy groups -OCH3 is 1. The van der Waals surface area contributed by atoms with Crippen molar-refractivity contribution in [3.63, 3.8) is 0 Å². The van der Waals surface area contributed by atoms with Crippen molar-refractivity contribution < 1.29 is 4.74 Å². The van der Waals surface area contributed by atoms with Crippen molar-refractivity contribution in [3.05, 3.63) is 28.3 Å². The van der Waals surface area contributed by atoms with E-state index in [1.807, 2.05) is 26.1 Å². The molecule has 0 saturated heterocycles. The molecule has 0 fully saturated rings. The van der Waals surface area contributed by atoms with Crippen molar-refractivity contribution >= 4 is 11.6 Å². The Kier molecular flexibility index (Phi) is 3.58. The molecule has 0 aliphatic heterocycles. The van der Waals surface area contributed by atoms with Gasteiger partial charge in [0.2, 0.25) is 0 Å². The normalized spacial score (nSPS) is 10.2. The van der Waals surface area contributed by atoms with Gasteiger partial charge in [-0.2, -0.15) is 0 Å². The highest BCUT2D eigenvalue weighted by molar-refractivity contribution is 6.32. The first kappa shape index (κ1) is 10.4. The fourth-order valence-corrected chi connectivity index (χ4v) is 1.48. The van der Waals surface area contributed by atoms with Gasteiger partial charge >= 0.3 is 0 Å². The van der Waals surface area contributed by atoms with Crippen LogP contribution < -0.4 is 10.1 Å². The van der Waals surface area contributed by atoms with Crippen LogP contribution in [-0.4, -0.2) is 14.2 Å². The van der Waals surface area contributed by atoms with Crippen LogP contribution in [0.25, 0.3) is 0 Å². The van der Waals surface area contributed by atoms with Crippen LogP contribution in [-0.2, 0) is 6.54 Å². The van der Waals surface area contributed by atoms with Gasteiger partial charge in [-0.05, 0) is 25.6 Å². The van der Waals surface area contributed by atoms with Crippen LogP contribution in [0.4, 0.5) is 0 Å². The third-order valence-electron chi connectivity index (χ3n) is 1.97. The Morgan fingerprint density at radius 3 is 2.69 bits per heavy atom.